The zero-order chi connectivity index (χ0) is 5.11. The van der Waals surface area contributed by atoms with Crippen LogP contribution in [0.25, 0.3) is 0 Å². The molecule has 0 aromatic heterocycles. The summed E-state index contributed by atoms with van der Waals surface area (Å²) >= 11 is 0. The first kappa shape index (κ1) is 3.97. The summed E-state index contributed by atoms with van der Waals surface area (Å²) in [6, 6.07) is 0. The van der Waals surface area contributed by atoms with Gasteiger partial charge in [0.2, 0.25) is 0 Å². The molecule has 0 N–H and O–H groups in total. The van der Waals surface area contributed by atoms with E-state index in [1.807, 2.05) is 0 Å². The molecule has 1 aliphatic heterocycles. The predicted octanol–water partition coefficient (Wildman–Crippen LogP) is 0.869. The van der Waals surface area contributed by atoms with E-state index >= 15 is 0 Å². The van der Waals surface area contributed by atoms with Crippen LogP contribution in [0.2, 0.25) is 0 Å². The molecule has 6 nitrogen and oxygen atoms in total. The minimum atomic E-state index is -0.917. The van der Waals surface area contributed by atoms with Gasteiger partial charge in [-0.3, -0.25) is 0 Å². The third-order valence-corrected chi connectivity index (χ3v) is 0.444. The van der Waals surface area contributed by atoms with E-state index in [0.29, 0.717) is 0 Å². The fourth-order valence-corrected chi connectivity index (χ4v) is 0.204. The Kier molecular flexibility index (Phi) is 0.851. The second kappa shape index (κ2) is 1.50. The second-order valence-electron chi connectivity index (χ2n) is 0.862. The highest BCUT2D eigenvalue weighted by Gasteiger charge is 2.05. The molecule has 1 rings (SSSR count). The smallest absolute Gasteiger partial charge is 0.146 e. The van der Waals surface area contributed by atoms with Crippen LogP contribution in [0.4, 0.5) is 0 Å². The minimum Gasteiger partial charge on any atom is -0.146 e. The van der Waals surface area contributed by atoms with Crippen LogP contribution in [0, 0.1) is 4.91 Å². The molecule has 0 saturated heterocycles. The second-order valence-corrected chi connectivity index (χ2v) is 0.862. The monoisotopic (exact) mass is 99.0 g/mol. The third kappa shape index (κ3) is 0.619. The van der Waals surface area contributed by atoms with Crippen LogP contribution in [-0.4, -0.2) is 6.29 Å². The van der Waals surface area contributed by atoms with Crippen molar-refractivity contribution < 1.29 is 0 Å². The average Bonchev–Trinajstić information content (AvgIpc) is 2.14. The van der Waals surface area contributed by atoms with Crippen molar-refractivity contribution in [1.29, 1.82) is 0 Å². The maximum atomic E-state index is 9.45. The first-order valence-electron chi connectivity index (χ1n) is 1.56. The van der Waals surface area contributed by atoms with E-state index in [1.165, 1.54) is 0 Å². The van der Waals surface area contributed by atoms with Gasteiger partial charge in [-0.05, 0) is 15.6 Å². The van der Waals surface area contributed by atoms with Gasteiger partial charge < -0.3 is 0 Å². The summed E-state index contributed by atoms with van der Waals surface area (Å²) in [6.07, 6.45) is -0.917. The van der Waals surface area contributed by atoms with Crippen LogP contribution in [0.1, 0.15) is 0 Å². The lowest BCUT2D eigenvalue weighted by Gasteiger charge is -1.75. The van der Waals surface area contributed by atoms with Crippen LogP contribution < -0.4 is 0 Å². The lowest BCUT2D eigenvalue weighted by Crippen LogP contribution is -1.84. The van der Waals surface area contributed by atoms with Gasteiger partial charge in [-0.1, -0.05) is 0 Å². The van der Waals surface area contributed by atoms with Crippen LogP contribution in [0.15, 0.2) is 25.9 Å². The number of hydrogen-bond donors (Lipinski definition) is 0. The number of rotatable bonds is 1. The van der Waals surface area contributed by atoms with E-state index in [-0.39, 0.29) is 0 Å². The molecule has 0 amide bonds. The van der Waals surface area contributed by atoms with E-state index in [2.05, 4.69) is 25.9 Å². The summed E-state index contributed by atoms with van der Waals surface area (Å²) in [7, 11) is 0. The summed E-state index contributed by atoms with van der Waals surface area (Å²) in [5.74, 6) is 0. The first-order valence-corrected chi connectivity index (χ1v) is 1.56. The molecule has 1 aliphatic rings. The summed E-state index contributed by atoms with van der Waals surface area (Å²) in [5, 5.41) is 14.8. The Bertz CT molecular complexity index is 114. The van der Waals surface area contributed by atoms with Crippen LogP contribution in [0.5, 0.6) is 0 Å². The van der Waals surface area contributed by atoms with E-state index in [0.717, 1.165) is 0 Å². The van der Waals surface area contributed by atoms with Gasteiger partial charge in [-0.15, -0.1) is 15.1 Å². The van der Waals surface area contributed by atoms with E-state index in [1.54, 1.807) is 0 Å². The third-order valence-electron chi connectivity index (χ3n) is 0.444. The predicted molar refractivity (Wildman–Crippen MR) is 19.3 cm³/mol. The Morgan fingerprint density at radius 3 is 2.14 bits per heavy atom. The highest BCUT2D eigenvalue weighted by molar-refractivity contribution is 4.54. The van der Waals surface area contributed by atoms with Crippen molar-refractivity contribution in [2.45, 2.75) is 6.29 Å². The lowest BCUT2D eigenvalue weighted by atomic mass is 11.0. The van der Waals surface area contributed by atoms with Crippen LogP contribution in [-0.2, 0) is 0 Å². The van der Waals surface area contributed by atoms with Crippen LogP contribution in [0.3, 0.4) is 0 Å². The SMILES string of the molecule is O=NC1N=NN=N1. The molecule has 0 aromatic rings. The van der Waals surface area contributed by atoms with E-state index in [4.69, 9.17) is 0 Å². The average molecular weight is 99.1 g/mol. The largest absolute Gasteiger partial charge is 0.313 e. The summed E-state index contributed by atoms with van der Waals surface area (Å²) in [4.78, 5) is 9.45. The molecule has 0 aromatic carbocycles. The Labute approximate surface area is 38.3 Å². The highest BCUT2D eigenvalue weighted by Crippen LogP contribution is 2.03. The molecule has 0 aliphatic carbocycles. The van der Waals surface area contributed by atoms with Gasteiger partial charge in [-0.25, -0.2) is 0 Å². The number of hydrogen-bond acceptors (Lipinski definition) is 6. The molecule has 0 radical (unpaired) electrons. The quantitative estimate of drug-likeness (QED) is 0.449. The molecule has 0 unspecified atom stereocenters. The summed E-state index contributed by atoms with van der Waals surface area (Å²) in [5.41, 5.74) is 0. The zero-order valence-electron chi connectivity index (χ0n) is 3.22. The molecule has 0 spiro atoms. The van der Waals surface area contributed by atoms with Gasteiger partial charge in [-0.2, -0.15) is 0 Å². The van der Waals surface area contributed by atoms with Gasteiger partial charge in [0.05, 0.1) is 0 Å². The Balaban J connectivity index is 2.59. The molecular formula is CHN5O. The molecule has 0 atom stereocenters. The van der Waals surface area contributed by atoms with Gasteiger partial charge in [0.15, 0.2) is 0 Å². The van der Waals surface area contributed by atoms with Crippen molar-refractivity contribution in [3.63, 3.8) is 0 Å². The zero-order valence-corrected chi connectivity index (χ0v) is 3.22. The number of nitrogens with zero attached hydrogens (tertiary/aromatic N) is 5. The maximum absolute atomic E-state index is 9.45. The molecule has 0 bridgehead atoms. The van der Waals surface area contributed by atoms with E-state index in [9.17, 15) is 4.91 Å². The van der Waals surface area contributed by atoms with Crippen molar-refractivity contribution in [1.82, 2.24) is 0 Å². The molecule has 0 saturated carbocycles. The highest BCUT2D eigenvalue weighted by atomic mass is 16.3. The van der Waals surface area contributed by atoms with Gasteiger partial charge in [0.25, 0.3) is 0 Å². The summed E-state index contributed by atoms with van der Waals surface area (Å²) < 4.78 is 0. The standard InChI is InChI=1S/CHN5O/c7-4-1-2-5-6-3-1/h1H. The maximum Gasteiger partial charge on any atom is 0.313 e. The lowest BCUT2D eigenvalue weighted by molar-refractivity contribution is 0.738. The first-order chi connectivity index (χ1) is 3.43. The Morgan fingerprint density at radius 1 is 1.29 bits per heavy atom. The molecule has 7 heavy (non-hydrogen) atoms. The normalized spacial score (nSPS) is 18.3. The Hall–Kier alpha value is -1.20. The van der Waals surface area contributed by atoms with Crippen molar-refractivity contribution in [2.75, 3.05) is 0 Å². The van der Waals surface area contributed by atoms with E-state index < -0.39 is 6.29 Å². The number of nitroso groups, excluding NO2 is 1. The van der Waals surface area contributed by atoms with Crippen molar-refractivity contribution in [2.24, 2.45) is 25.9 Å². The molecule has 0 fully saturated rings. The van der Waals surface area contributed by atoms with Crippen molar-refractivity contribution in [3.05, 3.63) is 4.91 Å². The van der Waals surface area contributed by atoms with Crippen molar-refractivity contribution in [3.8, 4) is 0 Å². The fourth-order valence-electron chi connectivity index (χ4n) is 0.204. The van der Waals surface area contributed by atoms with Gasteiger partial charge >= 0.3 is 6.29 Å². The fraction of sp³-hybridized carbons (Fsp3) is 1.00. The Morgan fingerprint density at radius 2 is 1.86 bits per heavy atom. The minimum absolute atomic E-state index is 0.917. The van der Waals surface area contributed by atoms with Gasteiger partial charge in [0, 0.05) is 0 Å². The topological polar surface area (TPSA) is 78.9 Å². The molecule has 36 valence electrons. The van der Waals surface area contributed by atoms with Crippen LogP contribution >= 0.6 is 0 Å². The molecule has 1 heterocycles. The molecular weight excluding hydrogens is 98.0 g/mol. The summed E-state index contributed by atoms with van der Waals surface area (Å²) in [6.45, 7) is 0. The van der Waals surface area contributed by atoms with Crippen molar-refractivity contribution >= 4 is 0 Å². The molecule has 6 heteroatoms. The van der Waals surface area contributed by atoms with Gasteiger partial charge in [0.1, 0.15) is 0 Å².